The lowest BCUT2D eigenvalue weighted by atomic mass is 9.92. The van der Waals surface area contributed by atoms with Crippen LogP contribution in [0.4, 0.5) is 8.78 Å². The molecule has 1 aromatic rings. The van der Waals surface area contributed by atoms with Crippen LogP contribution in [-0.4, -0.2) is 6.54 Å². The molecule has 3 heteroatoms. The third kappa shape index (κ3) is 3.53. The van der Waals surface area contributed by atoms with Crippen molar-refractivity contribution in [2.24, 2.45) is 5.92 Å². The molecule has 0 spiro atoms. The Kier molecular flexibility index (Phi) is 4.92. The van der Waals surface area contributed by atoms with Crippen LogP contribution in [0.2, 0.25) is 0 Å². The molecule has 1 fully saturated rings. The third-order valence-electron chi connectivity index (χ3n) is 4.15. The number of benzene rings is 1. The highest BCUT2D eigenvalue weighted by atomic mass is 19.1. The van der Waals surface area contributed by atoms with Gasteiger partial charge in [-0.05, 0) is 43.5 Å². The molecule has 1 unspecified atom stereocenters. The standard InChI is InChI=1S/C16H23F2N/c1-3-19-16(9-12-6-4-5-7-12)13-10-14(17)11(2)8-15(13)18/h8,10,12,16,19H,3-7,9H2,1-2H3. The molecule has 1 saturated carbocycles. The minimum absolute atomic E-state index is 0.0665. The minimum Gasteiger partial charge on any atom is -0.310 e. The molecule has 1 aliphatic carbocycles. The maximum atomic E-state index is 14.1. The van der Waals surface area contributed by atoms with Crippen molar-refractivity contribution in [3.63, 3.8) is 0 Å². The summed E-state index contributed by atoms with van der Waals surface area (Å²) in [6, 6.07) is 2.61. The first kappa shape index (κ1) is 14.4. The molecule has 0 saturated heterocycles. The van der Waals surface area contributed by atoms with Gasteiger partial charge in [0.1, 0.15) is 11.6 Å². The van der Waals surface area contributed by atoms with Crippen molar-refractivity contribution in [1.29, 1.82) is 0 Å². The van der Waals surface area contributed by atoms with E-state index < -0.39 is 0 Å². The van der Waals surface area contributed by atoms with Crippen LogP contribution in [-0.2, 0) is 0 Å². The number of rotatable bonds is 5. The zero-order valence-electron chi connectivity index (χ0n) is 11.8. The molecule has 0 amide bonds. The van der Waals surface area contributed by atoms with Gasteiger partial charge in [-0.25, -0.2) is 8.78 Å². The first-order chi connectivity index (χ1) is 9.11. The van der Waals surface area contributed by atoms with Gasteiger partial charge in [-0.15, -0.1) is 0 Å². The maximum Gasteiger partial charge on any atom is 0.128 e. The number of hydrogen-bond donors (Lipinski definition) is 1. The molecule has 1 N–H and O–H groups in total. The van der Waals surface area contributed by atoms with Crippen LogP contribution in [0.1, 0.15) is 56.2 Å². The van der Waals surface area contributed by atoms with Gasteiger partial charge < -0.3 is 5.32 Å². The first-order valence-corrected chi connectivity index (χ1v) is 7.30. The van der Waals surface area contributed by atoms with Crippen molar-refractivity contribution in [2.45, 2.75) is 52.0 Å². The lowest BCUT2D eigenvalue weighted by Crippen LogP contribution is -2.24. The van der Waals surface area contributed by atoms with E-state index in [4.69, 9.17) is 0 Å². The minimum atomic E-state index is -0.314. The van der Waals surface area contributed by atoms with Crippen LogP contribution < -0.4 is 5.32 Å². The third-order valence-corrected chi connectivity index (χ3v) is 4.15. The van der Waals surface area contributed by atoms with E-state index in [2.05, 4.69) is 5.32 Å². The Bertz CT molecular complexity index is 425. The Morgan fingerprint density at radius 1 is 1.21 bits per heavy atom. The molecule has 1 nitrogen and oxygen atoms in total. The van der Waals surface area contributed by atoms with Crippen molar-refractivity contribution in [1.82, 2.24) is 5.32 Å². The molecule has 0 radical (unpaired) electrons. The topological polar surface area (TPSA) is 12.0 Å². The highest BCUT2D eigenvalue weighted by molar-refractivity contribution is 5.27. The predicted molar refractivity (Wildman–Crippen MR) is 74.1 cm³/mol. The number of nitrogens with one attached hydrogen (secondary N) is 1. The summed E-state index contributed by atoms with van der Waals surface area (Å²) in [5.74, 6) is 0.0430. The average molecular weight is 267 g/mol. The lowest BCUT2D eigenvalue weighted by Gasteiger charge is -2.22. The van der Waals surface area contributed by atoms with Crippen LogP contribution >= 0.6 is 0 Å². The van der Waals surface area contributed by atoms with E-state index in [0.717, 1.165) is 13.0 Å². The Morgan fingerprint density at radius 2 is 1.89 bits per heavy atom. The Labute approximate surface area is 114 Å². The lowest BCUT2D eigenvalue weighted by molar-refractivity contribution is 0.389. The molecular weight excluding hydrogens is 244 g/mol. The molecule has 19 heavy (non-hydrogen) atoms. The smallest absolute Gasteiger partial charge is 0.128 e. The summed E-state index contributed by atoms with van der Waals surface area (Å²) >= 11 is 0. The zero-order chi connectivity index (χ0) is 13.8. The normalized spacial score (nSPS) is 17.9. The Hall–Kier alpha value is -0.960. The van der Waals surface area contributed by atoms with E-state index in [1.165, 1.54) is 37.8 Å². The van der Waals surface area contributed by atoms with E-state index in [1.54, 1.807) is 6.92 Å². The molecule has 0 aliphatic heterocycles. The fourth-order valence-corrected chi connectivity index (χ4v) is 3.07. The van der Waals surface area contributed by atoms with E-state index in [1.807, 2.05) is 6.92 Å². The number of aryl methyl sites for hydroxylation is 1. The maximum absolute atomic E-state index is 14.1. The van der Waals surface area contributed by atoms with Gasteiger partial charge in [0.2, 0.25) is 0 Å². The van der Waals surface area contributed by atoms with Gasteiger partial charge in [-0.2, -0.15) is 0 Å². The van der Waals surface area contributed by atoms with Gasteiger partial charge in [0, 0.05) is 11.6 Å². The molecule has 1 aliphatic rings. The second kappa shape index (κ2) is 6.47. The van der Waals surface area contributed by atoms with Gasteiger partial charge in [0.15, 0.2) is 0 Å². The summed E-state index contributed by atoms with van der Waals surface area (Å²) in [6.07, 6.45) is 5.89. The second-order valence-corrected chi connectivity index (χ2v) is 5.62. The van der Waals surface area contributed by atoms with Gasteiger partial charge in [0.05, 0.1) is 0 Å². The van der Waals surface area contributed by atoms with Crippen LogP contribution in [0.5, 0.6) is 0 Å². The van der Waals surface area contributed by atoms with Crippen molar-refractivity contribution < 1.29 is 8.78 Å². The van der Waals surface area contributed by atoms with Crippen LogP contribution in [0.3, 0.4) is 0 Å². The molecule has 106 valence electrons. The molecule has 0 bridgehead atoms. The molecule has 0 heterocycles. The average Bonchev–Trinajstić information content (AvgIpc) is 2.86. The van der Waals surface area contributed by atoms with E-state index in [9.17, 15) is 8.78 Å². The summed E-state index contributed by atoms with van der Waals surface area (Å²) in [5, 5.41) is 3.31. The van der Waals surface area contributed by atoms with Crippen molar-refractivity contribution in [3.8, 4) is 0 Å². The highest BCUT2D eigenvalue weighted by Gasteiger charge is 2.23. The van der Waals surface area contributed by atoms with Crippen molar-refractivity contribution >= 4 is 0 Å². The van der Waals surface area contributed by atoms with Gasteiger partial charge >= 0.3 is 0 Å². The number of hydrogen-bond acceptors (Lipinski definition) is 1. The first-order valence-electron chi connectivity index (χ1n) is 7.30. The van der Waals surface area contributed by atoms with Crippen molar-refractivity contribution in [3.05, 3.63) is 34.9 Å². The zero-order valence-corrected chi connectivity index (χ0v) is 11.8. The molecule has 0 aromatic heterocycles. The monoisotopic (exact) mass is 267 g/mol. The van der Waals surface area contributed by atoms with Crippen LogP contribution in [0.25, 0.3) is 0 Å². The summed E-state index contributed by atoms with van der Waals surface area (Å²) in [5.41, 5.74) is 0.856. The summed E-state index contributed by atoms with van der Waals surface area (Å²) < 4.78 is 27.8. The largest absolute Gasteiger partial charge is 0.310 e. The predicted octanol–water partition coefficient (Wildman–Crippen LogP) is 4.50. The van der Waals surface area contributed by atoms with E-state index in [0.29, 0.717) is 17.0 Å². The van der Waals surface area contributed by atoms with E-state index in [-0.39, 0.29) is 17.7 Å². The highest BCUT2D eigenvalue weighted by Crippen LogP contribution is 2.34. The molecule has 1 atom stereocenters. The fraction of sp³-hybridized carbons (Fsp3) is 0.625. The summed E-state index contributed by atoms with van der Waals surface area (Å²) in [4.78, 5) is 0. The SMILES string of the molecule is CCNC(CC1CCCC1)c1cc(F)c(C)cc1F. The van der Waals surface area contributed by atoms with Gasteiger partial charge in [-0.1, -0.05) is 32.6 Å². The second-order valence-electron chi connectivity index (χ2n) is 5.62. The molecule has 1 aromatic carbocycles. The van der Waals surface area contributed by atoms with E-state index >= 15 is 0 Å². The van der Waals surface area contributed by atoms with Crippen LogP contribution in [0.15, 0.2) is 12.1 Å². The quantitative estimate of drug-likeness (QED) is 0.828. The van der Waals surface area contributed by atoms with Gasteiger partial charge in [0.25, 0.3) is 0 Å². The summed E-state index contributed by atoms with van der Waals surface area (Å²) in [6.45, 7) is 4.37. The van der Waals surface area contributed by atoms with Crippen molar-refractivity contribution in [2.75, 3.05) is 6.54 Å². The summed E-state index contributed by atoms with van der Waals surface area (Å²) in [7, 11) is 0. The number of halogens is 2. The van der Waals surface area contributed by atoms with Crippen LogP contribution in [0, 0.1) is 24.5 Å². The Balaban J connectivity index is 2.19. The van der Waals surface area contributed by atoms with Gasteiger partial charge in [-0.3, -0.25) is 0 Å². The Morgan fingerprint density at radius 3 is 2.53 bits per heavy atom. The molecule has 2 rings (SSSR count). The fourth-order valence-electron chi connectivity index (χ4n) is 3.07. The molecular formula is C16H23F2N.